The molecule has 0 atom stereocenters. The number of carbonyl (C=O) groups is 2. The van der Waals surface area contributed by atoms with E-state index in [1.54, 1.807) is 12.1 Å². The molecule has 0 spiro atoms. The molecule has 0 unspecified atom stereocenters. The first-order valence-corrected chi connectivity index (χ1v) is 9.19. The number of amides is 1. The van der Waals surface area contributed by atoms with Crippen LogP contribution < -0.4 is 15.6 Å². The molecule has 3 rings (SSSR count). The summed E-state index contributed by atoms with van der Waals surface area (Å²) in [6, 6.07) is 10.00. The lowest BCUT2D eigenvalue weighted by molar-refractivity contribution is 0.122. The van der Waals surface area contributed by atoms with Crippen LogP contribution in [0, 0.1) is 6.92 Å². The molecule has 0 saturated heterocycles. The van der Waals surface area contributed by atoms with Crippen LogP contribution in [0.5, 0.6) is 5.75 Å². The number of ether oxygens (including phenoxy) is 2. The number of aryl methyl sites for hydroxylation is 1. The number of methoxy groups -OCH3 is 1. The van der Waals surface area contributed by atoms with Gasteiger partial charge in [-0.05, 0) is 41.7 Å². The quantitative estimate of drug-likeness (QED) is 0.517. The highest BCUT2D eigenvalue weighted by molar-refractivity contribution is 5.89. The van der Waals surface area contributed by atoms with E-state index in [2.05, 4.69) is 29.0 Å². The van der Waals surface area contributed by atoms with E-state index in [9.17, 15) is 14.4 Å². The van der Waals surface area contributed by atoms with Crippen molar-refractivity contribution in [2.45, 2.75) is 33.2 Å². The zero-order chi connectivity index (χ0) is 21.1. The van der Waals surface area contributed by atoms with Crippen molar-refractivity contribution in [2.24, 2.45) is 0 Å². The number of rotatable bonds is 4. The van der Waals surface area contributed by atoms with Gasteiger partial charge in [0.25, 0.3) is 5.56 Å². The van der Waals surface area contributed by atoms with Gasteiger partial charge >= 0.3 is 12.2 Å². The highest BCUT2D eigenvalue weighted by Gasteiger charge is 2.18. The Kier molecular flexibility index (Phi) is 5.72. The second kappa shape index (κ2) is 8.22. The fourth-order valence-electron chi connectivity index (χ4n) is 3.22. The third-order valence-corrected chi connectivity index (χ3v) is 4.73. The van der Waals surface area contributed by atoms with Gasteiger partial charge in [0, 0.05) is 6.54 Å². The number of hydrogen-bond donors (Lipinski definition) is 2. The fourth-order valence-corrected chi connectivity index (χ4v) is 3.22. The number of fused-ring (bicyclic) bond motifs is 1. The maximum Gasteiger partial charge on any atom is 0.513 e. The van der Waals surface area contributed by atoms with Crippen molar-refractivity contribution in [2.75, 3.05) is 7.11 Å². The molecule has 0 aliphatic heterocycles. The van der Waals surface area contributed by atoms with Gasteiger partial charge in [-0.25, -0.2) is 9.59 Å². The van der Waals surface area contributed by atoms with Gasteiger partial charge in [-0.15, -0.1) is 0 Å². The standard InChI is InChI=1S/C21H23N3O5/c1-12(2)14-8-5-7-13(3)16(14)11-22-20(26)24-19(25)15-9-6-10-17(18(15)23-24)29-21(27)28-4/h5-10,12,23H,11H2,1-4H3,(H,22,26). The lowest BCUT2D eigenvalue weighted by Crippen LogP contribution is -2.35. The largest absolute Gasteiger partial charge is 0.513 e. The van der Waals surface area contributed by atoms with Crippen LogP contribution in [-0.4, -0.2) is 29.1 Å². The van der Waals surface area contributed by atoms with Crippen LogP contribution in [0.4, 0.5) is 9.59 Å². The van der Waals surface area contributed by atoms with Gasteiger partial charge in [0.2, 0.25) is 0 Å². The minimum absolute atomic E-state index is 0.0963. The fraction of sp³-hybridized carbons (Fsp3) is 0.286. The topological polar surface area (TPSA) is 102 Å². The molecule has 0 bridgehead atoms. The summed E-state index contributed by atoms with van der Waals surface area (Å²) >= 11 is 0. The molecule has 8 heteroatoms. The monoisotopic (exact) mass is 397 g/mol. The second-order valence-electron chi connectivity index (χ2n) is 6.94. The first-order valence-electron chi connectivity index (χ1n) is 9.19. The Morgan fingerprint density at radius 2 is 1.90 bits per heavy atom. The minimum Gasteiger partial charge on any atom is -0.437 e. The molecule has 29 heavy (non-hydrogen) atoms. The van der Waals surface area contributed by atoms with Gasteiger partial charge in [0.15, 0.2) is 5.75 Å². The van der Waals surface area contributed by atoms with Crippen molar-refractivity contribution >= 4 is 23.1 Å². The zero-order valence-electron chi connectivity index (χ0n) is 16.7. The Morgan fingerprint density at radius 3 is 2.59 bits per heavy atom. The Morgan fingerprint density at radius 1 is 1.17 bits per heavy atom. The number of hydrogen-bond acceptors (Lipinski definition) is 5. The number of aromatic amines is 1. The normalized spacial score (nSPS) is 10.9. The van der Waals surface area contributed by atoms with E-state index in [4.69, 9.17) is 4.74 Å². The third-order valence-electron chi connectivity index (χ3n) is 4.73. The minimum atomic E-state index is -0.920. The first kappa shape index (κ1) is 20.2. The Hall–Kier alpha value is -3.55. The van der Waals surface area contributed by atoms with Crippen LogP contribution in [0.1, 0.15) is 36.5 Å². The predicted octanol–water partition coefficient (Wildman–Crippen LogP) is 3.66. The summed E-state index contributed by atoms with van der Waals surface area (Å²) in [6.07, 6.45) is -0.920. The molecule has 2 N–H and O–H groups in total. The summed E-state index contributed by atoms with van der Waals surface area (Å²) in [5.74, 6) is 0.398. The number of benzene rings is 2. The van der Waals surface area contributed by atoms with Crippen molar-refractivity contribution < 1.29 is 19.1 Å². The number of nitrogens with one attached hydrogen (secondary N) is 2. The van der Waals surface area contributed by atoms with E-state index in [0.717, 1.165) is 21.4 Å². The van der Waals surface area contributed by atoms with E-state index < -0.39 is 17.7 Å². The third kappa shape index (κ3) is 4.01. The van der Waals surface area contributed by atoms with Crippen LogP contribution >= 0.6 is 0 Å². The number of nitrogens with zero attached hydrogens (tertiary/aromatic N) is 1. The molecule has 1 heterocycles. The number of H-pyrrole nitrogens is 1. The van der Waals surface area contributed by atoms with E-state index in [1.807, 2.05) is 25.1 Å². The van der Waals surface area contributed by atoms with E-state index in [0.29, 0.717) is 5.92 Å². The smallest absolute Gasteiger partial charge is 0.437 e. The first-order chi connectivity index (χ1) is 13.8. The summed E-state index contributed by atoms with van der Waals surface area (Å²) in [7, 11) is 1.18. The van der Waals surface area contributed by atoms with Crippen LogP contribution in [0.25, 0.3) is 10.9 Å². The Balaban J connectivity index is 1.89. The summed E-state index contributed by atoms with van der Waals surface area (Å²) in [5, 5.41) is 5.72. The van der Waals surface area contributed by atoms with Gasteiger partial charge in [-0.1, -0.05) is 38.1 Å². The van der Waals surface area contributed by atoms with E-state index in [-0.39, 0.29) is 23.2 Å². The Labute approximate surface area is 167 Å². The molecule has 0 aliphatic rings. The van der Waals surface area contributed by atoms with Crippen molar-refractivity contribution in [3.63, 3.8) is 0 Å². The summed E-state index contributed by atoms with van der Waals surface area (Å²) < 4.78 is 10.4. The molecule has 1 amide bonds. The molecule has 0 fully saturated rings. The molecule has 3 aromatic rings. The maximum absolute atomic E-state index is 12.7. The molecule has 152 valence electrons. The SMILES string of the molecule is COC(=O)Oc1cccc2c(=O)n(C(=O)NCc3c(C)cccc3C(C)C)[nH]c12. The van der Waals surface area contributed by atoms with Crippen LogP contribution in [0.3, 0.4) is 0 Å². The summed E-state index contributed by atoms with van der Waals surface area (Å²) in [6.45, 7) is 6.45. The second-order valence-corrected chi connectivity index (χ2v) is 6.94. The molecular weight excluding hydrogens is 374 g/mol. The van der Waals surface area contributed by atoms with Crippen LogP contribution in [-0.2, 0) is 11.3 Å². The number of aromatic nitrogens is 2. The highest BCUT2D eigenvalue weighted by atomic mass is 16.7. The van der Waals surface area contributed by atoms with Crippen LogP contribution in [0.2, 0.25) is 0 Å². The van der Waals surface area contributed by atoms with Gasteiger partial charge in [0.1, 0.15) is 5.52 Å². The van der Waals surface area contributed by atoms with Gasteiger partial charge in [0.05, 0.1) is 12.5 Å². The lowest BCUT2D eigenvalue weighted by Gasteiger charge is -2.16. The molecule has 0 radical (unpaired) electrons. The van der Waals surface area contributed by atoms with Crippen molar-refractivity contribution in [1.29, 1.82) is 0 Å². The number of para-hydroxylation sites is 1. The average Bonchev–Trinajstić information content (AvgIpc) is 3.04. The molecule has 8 nitrogen and oxygen atoms in total. The molecule has 0 aliphatic carbocycles. The maximum atomic E-state index is 12.7. The van der Waals surface area contributed by atoms with E-state index >= 15 is 0 Å². The molecule has 2 aromatic carbocycles. The highest BCUT2D eigenvalue weighted by Crippen LogP contribution is 2.23. The molecular formula is C21H23N3O5. The zero-order valence-corrected chi connectivity index (χ0v) is 16.7. The van der Waals surface area contributed by atoms with Crippen molar-refractivity contribution in [3.8, 4) is 5.75 Å². The molecule has 0 saturated carbocycles. The summed E-state index contributed by atoms with van der Waals surface area (Å²) in [4.78, 5) is 36.7. The lowest BCUT2D eigenvalue weighted by atomic mass is 9.94. The average molecular weight is 397 g/mol. The Bertz CT molecular complexity index is 1130. The van der Waals surface area contributed by atoms with Gasteiger partial charge in [-0.2, -0.15) is 4.68 Å². The summed E-state index contributed by atoms with van der Waals surface area (Å²) in [5.41, 5.74) is 2.92. The van der Waals surface area contributed by atoms with Crippen molar-refractivity contribution in [3.05, 3.63) is 63.4 Å². The van der Waals surface area contributed by atoms with Gasteiger partial charge in [-0.3, -0.25) is 9.89 Å². The predicted molar refractivity (Wildman–Crippen MR) is 108 cm³/mol. The number of carbonyl (C=O) groups excluding carboxylic acids is 2. The van der Waals surface area contributed by atoms with Gasteiger partial charge < -0.3 is 14.8 Å². The molecule has 1 aromatic heterocycles. The van der Waals surface area contributed by atoms with Crippen LogP contribution in [0.15, 0.2) is 41.2 Å². The van der Waals surface area contributed by atoms with E-state index in [1.165, 1.54) is 13.2 Å². The van der Waals surface area contributed by atoms with Crippen molar-refractivity contribution in [1.82, 2.24) is 15.1 Å².